The van der Waals surface area contributed by atoms with Gasteiger partial charge in [0, 0.05) is 11.1 Å². The summed E-state index contributed by atoms with van der Waals surface area (Å²) in [6, 6.07) is 16.2. The molecule has 0 radical (unpaired) electrons. The number of rotatable bonds is 3. The second-order valence-electron chi connectivity index (χ2n) is 5.94. The molecule has 2 aromatic heterocycles. The highest BCUT2D eigenvalue weighted by Crippen LogP contribution is 2.33. The number of fused-ring (bicyclic) bond motifs is 1. The van der Waals surface area contributed by atoms with Crippen LogP contribution in [0.4, 0.5) is 13.2 Å². The molecule has 0 aliphatic heterocycles. The van der Waals surface area contributed by atoms with Crippen molar-refractivity contribution in [1.29, 1.82) is 0 Å². The fraction of sp³-hybridized carbons (Fsp3) is 0.100. The summed E-state index contributed by atoms with van der Waals surface area (Å²) in [5, 5.41) is 4.76. The van der Waals surface area contributed by atoms with Gasteiger partial charge in [-0.05, 0) is 49.4 Å². The molecule has 0 aliphatic carbocycles. The van der Waals surface area contributed by atoms with E-state index >= 15 is 0 Å². The van der Waals surface area contributed by atoms with Crippen molar-refractivity contribution >= 4 is 11.0 Å². The number of alkyl halides is 2. The zero-order valence-electron chi connectivity index (χ0n) is 13.8. The monoisotopic (exact) mass is 353 g/mol. The number of benzene rings is 2. The minimum absolute atomic E-state index is 0.131. The van der Waals surface area contributed by atoms with Crippen molar-refractivity contribution in [2.45, 2.75) is 13.3 Å². The van der Waals surface area contributed by atoms with Gasteiger partial charge in [0.25, 0.3) is 6.43 Å². The van der Waals surface area contributed by atoms with Crippen LogP contribution in [0.2, 0.25) is 0 Å². The van der Waals surface area contributed by atoms with Crippen molar-refractivity contribution in [2.75, 3.05) is 0 Å². The fourth-order valence-corrected chi connectivity index (χ4v) is 3.01. The van der Waals surface area contributed by atoms with E-state index in [9.17, 15) is 13.2 Å². The molecule has 0 aliphatic rings. The lowest BCUT2D eigenvalue weighted by atomic mass is 10.1. The largest absolute Gasteiger partial charge is 0.264 e. The molecule has 130 valence electrons. The third kappa shape index (κ3) is 2.73. The Morgan fingerprint density at radius 1 is 0.962 bits per heavy atom. The first-order valence-corrected chi connectivity index (χ1v) is 8.04. The Hall–Kier alpha value is -3.15. The Morgan fingerprint density at radius 3 is 2.31 bits per heavy atom. The van der Waals surface area contributed by atoms with E-state index in [1.165, 1.54) is 30.3 Å². The molecule has 4 aromatic rings. The van der Waals surface area contributed by atoms with Crippen LogP contribution in [0.25, 0.3) is 28.0 Å². The van der Waals surface area contributed by atoms with Crippen LogP contribution in [0, 0.1) is 12.7 Å². The van der Waals surface area contributed by atoms with Gasteiger partial charge < -0.3 is 0 Å². The van der Waals surface area contributed by atoms with E-state index in [0.717, 1.165) is 5.69 Å². The van der Waals surface area contributed by atoms with Gasteiger partial charge in [-0.2, -0.15) is 5.10 Å². The standard InChI is InChI=1S/C20H14F3N3/c1-12-18-16(19(22)23)11-17(13-7-9-14(21)10-8-13)24-20(18)26(25-12)15-5-3-2-4-6-15/h2-11,19H,1H3. The number of aromatic nitrogens is 3. The Kier molecular flexibility index (Phi) is 3.95. The number of halogens is 3. The number of hydrogen-bond acceptors (Lipinski definition) is 2. The predicted octanol–water partition coefficient (Wildman–Crippen LogP) is 5.47. The third-order valence-corrected chi connectivity index (χ3v) is 4.22. The average Bonchev–Trinajstić information content (AvgIpc) is 2.99. The lowest BCUT2D eigenvalue weighted by Crippen LogP contribution is -1.99. The summed E-state index contributed by atoms with van der Waals surface area (Å²) in [6.45, 7) is 1.69. The molecule has 0 N–H and O–H groups in total. The van der Waals surface area contributed by atoms with E-state index in [1.54, 1.807) is 11.6 Å². The van der Waals surface area contributed by atoms with Gasteiger partial charge in [0.05, 0.1) is 22.5 Å². The first-order valence-electron chi connectivity index (χ1n) is 8.04. The second kappa shape index (κ2) is 6.29. The lowest BCUT2D eigenvalue weighted by Gasteiger charge is -2.09. The first kappa shape index (κ1) is 16.3. The molecule has 0 unspecified atom stereocenters. The Morgan fingerprint density at radius 2 is 1.65 bits per heavy atom. The number of aryl methyl sites for hydroxylation is 1. The number of nitrogens with zero attached hydrogens (tertiary/aromatic N) is 3. The lowest BCUT2D eigenvalue weighted by molar-refractivity contribution is 0.153. The van der Waals surface area contributed by atoms with Crippen LogP contribution >= 0.6 is 0 Å². The molecule has 6 heteroatoms. The van der Waals surface area contributed by atoms with Gasteiger partial charge in [-0.1, -0.05) is 18.2 Å². The van der Waals surface area contributed by atoms with Crippen molar-refractivity contribution in [2.24, 2.45) is 0 Å². The van der Waals surface area contributed by atoms with Gasteiger partial charge >= 0.3 is 0 Å². The highest BCUT2D eigenvalue weighted by molar-refractivity contribution is 5.86. The summed E-state index contributed by atoms with van der Waals surface area (Å²) in [5.74, 6) is -0.394. The van der Waals surface area contributed by atoms with E-state index in [1.807, 2.05) is 30.3 Å². The molecule has 0 atom stereocenters. The summed E-state index contributed by atoms with van der Waals surface area (Å²) in [7, 11) is 0. The van der Waals surface area contributed by atoms with Gasteiger partial charge in [0.1, 0.15) is 5.82 Å². The van der Waals surface area contributed by atoms with Gasteiger partial charge in [0.15, 0.2) is 5.65 Å². The summed E-state index contributed by atoms with van der Waals surface area (Å²) in [4.78, 5) is 4.56. The molecule has 0 fully saturated rings. The van der Waals surface area contributed by atoms with E-state index in [4.69, 9.17) is 0 Å². The molecule has 0 saturated heterocycles. The van der Waals surface area contributed by atoms with E-state index in [-0.39, 0.29) is 5.56 Å². The molecule has 0 spiro atoms. The van der Waals surface area contributed by atoms with Crippen LogP contribution in [0.15, 0.2) is 60.7 Å². The van der Waals surface area contributed by atoms with Crippen molar-refractivity contribution in [3.8, 4) is 16.9 Å². The van der Waals surface area contributed by atoms with Gasteiger partial charge in [-0.15, -0.1) is 0 Å². The van der Waals surface area contributed by atoms with E-state index in [2.05, 4.69) is 10.1 Å². The summed E-state index contributed by atoms with van der Waals surface area (Å²) < 4.78 is 42.2. The van der Waals surface area contributed by atoms with Crippen molar-refractivity contribution in [1.82, 2.24) is 14.8 Å². The van der Waals surface area contributed by atoms with Crippen molar-refractivity contribution < 1.29 is 13.2 Å². The first-order chi connectivity index (χ1) is 12.5. The summed E-state index contributed by atoms with van der Waals surface area (Å²) >= 11 is 0. The van der Waals surface area contributed by atoms with Crippen LogP contribution in [-0.2, 0) is 0 Å². The number of pyridine rings is 1. The van der Waals surface area contributed by atoms with Crippen LogP contribution < -0.4 is 0 Å². The van der Waals surface area contributed by atoms with Gasteiger partial charge in [0.2, 0.25) is 0 Å². The minimum Gasteiger partial charge on any atom is -0.228 e. The Labute approximate surface area is 147 Å². The summed E-state index contributed by atoms with van der Waals surface area (Å²) in [6.07, 6.45) is -2.67. The number of hydrogen-bond donors (Lipinski definition) is 0. The fourth-order valence-electron chi connectivity index (χ4n) is 3.01. The van der Waals surface area contributed by atoms with Crippen molar-refractivity contribution in [3.05, 3.63) is 77.7 Å². The van der Waals surface area contributed by atoms with Gasteiger partial charge in [-0.3, -0.25) is 0 Å². The molecular formula is C20H14F3N3. The molecule has 0 saturated carbocycles. The number of para-hydroxylation sites is 1. The predicted molar refractivity (Wildman–Crippen MR) is 94.0 cm³/mol. The molecule has 26 heavy (non-hydrogen) atoms. The molecule has 2 heterocycles. The average molecular weight is 353 g/mol. The SMILES string of the molecule is Cc1nn(-c2ccccc2)c2nc(-c3ccc(F)cc3)cc(C(F)F)c12. The maximum atomic E-state index is 13.7. The minimum atomic E-state index is -2.67. The zero-order valence-corrected chi connectivity index (χ0v) is 13.8. The second-order valence-corrected chi connectivity index (χ2v) is 5.94. The molecule has 0 bridgehead atoms. The Balaban J connectivity index is 2.03. The molecule has 4 rings (SSSR count). The van der Waals surface area contributed by atoms with E-state index in [0.29, 0.717) is 28.0 Å². The van der Waals surface area contributed by atoms with Crippen molar-refractivity contribution in [3.63, 3.8) is 0 Å². The molecule has 3 nitrogen and oxygen atoms in total. The maximum Gasteiger partial charge on any atom is 0.264 e. The van der Waals surface area contributed by atoms with Crippen LogP contribution in [0.3, 0.4) is 0 Å². The van der Waals surface area contributed by atoms with Gasteiger partial charge in [-0.25, -0.2) is 22.8 Å². The maximum absolute atomic E-state index is 13.7. The molecular weight excluding hydrogens is 339 g/mol. The summed E-state index contributed by atoms with van der Waals surface area (Å²) in [5.41, 5.74) is 2.35. The zero-order chi connectivity index (χ0) is 18.3. The molecule has 2 aromatic carbocycles. The normalized spacial score (nSPS) is 11.4. The smallest absolute Gasteiger partial charge is 0.228 e. The van der Waals surface area contributed by atoms with Crippen LogP contribution in [0.5, 0.6) is 0 Å². The van der Waals surface area contributed by atoms with Crippen LogP contribution in [-0.4, -0.2) is 14.8 Å². The topological polar surface area (TPSA) is 30.7 Å². The highest BCUT2D eigenvalue weighted by Gasteiger charge is 2.21. The Bertz CT molecular complexity index is 1070. The molecule has 0 amide bonds. The third-order valence-electron chi connectivity index (χ3n) is 4.22. The quantitative estimate of drug-likeness (QED) is 0.489. The van der Waals surface area contributed by atoms with E-state index < -0.39 is 12.2 Å². The van der Waals surface area contributed by atoms with Crippen LogP contribution in [0.1, 0.15) is 17.7 Å². The highest BCUT2D eigenvalue weighted by atomic mass is 19.3.